The number of amidine groups is 1. The van der Waals surface area contributed by atoms with E-state index in [1.54, 1.807) is 4.90 Å². The lowest BCUT2D eigenvalue weighted by atomic mass is 9.77. The molecule has 13 heteroatoms. The maximum atomic E-state index is 13.7. The van der Waals surface area contributed by atoms with Crippen LogP contribution in [-0.4, -0.2) is 58.1 Å². The summed E-state index contributed by atoms with van der Waals surface area (Å²) in [6.45, 7) is 4.47. The van der Waals surface area contributed by atoms with Crippen LogP contribution in [0.25, 0.3) is 0 Å². The molecule has 0 aromatic carbocycles. The highest BCUT2D eigenvalue weighted by atomic mass is 32.2. The molecule has 2 fully saturated rings. The number of hydrogen-bond acceptors (Lipinski definition) is 8. The van der Waals surface area contributed by atoms with Crippen LogP contribution in [-0.2, 0) is 36.2 Å². The molecule has 1 amide bonds. The van der Waals surface area contributed by atoms with Gasteiger partial charge in [-0.25, -0.2) is 13.1 Å². The highest BCUT2D eigenvalue weighted by Gasteiger charge is 2.51. The van der Waals surface area contributed by atoms with Gasteiger partial charge < -0.3 is 10.2 Å². The Balaban J connectivity index is 1.68. The fraction of sp³-hybridized carbons (Fsp3) is 0.682. The fourth-order valence-electron chi connectivity index (χ4n) is 5.10. The van der Waals surface area contributed by atoms with Crippen LogP contribution in [0.5, 0.6) is 0 Å². The number of anilines is 1. The minimum atomic E-state index is -4.24. The lowest BCUT2D eigenvalue weighted by molar-refractivity contribution is -0.150. The second kappa shape index (κ2) is 9.91. The van der Waals surface area contributed by atoms with Crippen LogP contribution in [0.3, 0.4) is 0 Å². The number of nitrogens with one attached hydrogen (secondary N) is 2. The number of likely N-dealkylation sites (tertiary alicyclic amines) is 1. The first-order valence-electron chi connectivity index (χ1n) is 11.9. The number of hydrogen-bond donors (Lipinski definition) is 2. The van der Waals surface area contributed by atoms with Gasteiger partial charge in [0.1, 0.15) is 15.7 Å². The van der Waals surface area contributed by atoms with Crippen molar-refractivity contribution in [3.05, 3.63) is 10.9 Å². The van der Waals surface area contributed by atoms with Crippen molar-refractivity contribution in [2.45, 2.75) is 69.9 Å². The topological polar surface area (TPSA) is 142 Å². The molecule has 1 aliphatic carbocycles. The number of ketones is 1. The average Bonchev–Trinajstić information content (AvgIpc) is 3.00. The van der Waals surface area contributed by atoms with E-state index in [1.807, 2.05) is 0 Å². The Morgan fingerprint density at radius 2 is 1.94 bits per heavy atom. The highest BCUT2D eigenvalue weighted by Crippen LogP contribution is 2.40. The van der Waals surface area contributed by atoms with Crippen molar-refractivity contribution in [3.63, 3.8) is 0 Å². The maximum Gasteiger partial charge on any atom is 0.287 e. The minimum Gasteiger partial charge on any atom is -0.338 e. The first-order valence-corrected chi connectivity index (χ1v) is 16.1. The number of carbonyl (C=O) groups excluding carboxylic acids is 2. The van der Waals surface area contributed by atoms with Gasteiger partial charge in [0.2, 0.25) is 15.9 Å². The number of Topliss-reactive ketones (excluding diaryl/α,β-unsaturated/α-hetero) is 1. The predicted octanol–water partition coefficient (Wildman–Crippen LogP) is 2.33. The van der Waals surface area contributed by atoms with E-state index in [0.29, 0.717) is 18.9 Å². The van der Waals surface area contributed by atoms with Crippen molar-refractivity contribution < 1.29 is 26.4 Å². The lowest BCUT2D eigenvalue weighted by Gasteiger charge is -2.43. The van der Waals surface area contributed by atoms with E-state index in [9.17, 15) is 26.4 Å². The number of piperidine rings is 1. The Bertz CT molecular complexity index is 1250. The molecular weight excluding hydrogens is 512 g/mol. The predicted molar refractivity (Wildman–Crippen MR) is 134 cm³/mol. The van der Waals surface area contributed by atoms with Crippen LogP contribution in [0.4, 0.5) is 5.00 Å². The molecule has 35 heavy (non-hydrogen) atoms. The first-order chi connectivity index (χ1) is 16.4. The van der Waals surface area contributed by atoms with Crippen molar-refractivity contribution in [2.75, 3.05) is 18.1 Å². The molecule has 4 rings (SSSR count). The van der Waals surface area contributed by atoms with Crippen LogP contribution >= 0.6 is 11.3 Å². The number of amides is 1. The van der Waals surface area contributed by atoms with Gasteiger partial charge in [-0.05, 0) is 30.6 Å². The molecule has 3 atom stereocenters. The van der Waals surface area contributed by atoms with E-state index < -0.39 is 26.0 Å². The van der Waals surface area contributed by atoms with Gasteiger partial charge in [0, 0.05) is 30.6 Å². The Morgan fingerprint density at radius 1 is 1.23 bits per heavy atom. The number of fused-ring (bicyclic) bond motifs is 2. The smallest absolute Gasteiger partial charge is 0.287 e. The molecule has 194 valence electrons. The monoisotopic (exact) mass is 544 g/mol. The first kappa shape index (κ1) is 26.2. The summed E-state index contributed by atoms with van der Waals surface area (Å²) in [7, 11) is -7.77. The van der Waals surface area contributed by atoms with Crippen molar-refractivity contribution in [1.29, 1.82) is 0 Å². The summed E-state index contributed by atoms with van der Waals surface area (Å²) < 4.78 is 55.4. The number of nitrogens with zero attached hydrogens (tertiary/aromatic N) is 2. The van der Waals surface area contributed by atoms with E-state index >= 15 is 0 Å². The molecule has 3 aliphatic rings. The Labute approximate surface area is 210 Å². The average molecular weight is 545 g/mol. The second-order valence-corrected chi connectivity index (χ2v) is 14.2. The van der Waals surface area contributed by atoms with Crippen LogP contribution in [0.1, 0.15) is 57.9 Å². The molecular formula is C22H32N4O6S3. The summed E-state index contributed by atoms with van der Waals surface area (Å²) >= 11 is 1.07. The van der Waals surface area contributed by atoms with Crippen molar-refractivity contribution in [1.82, 2.24) is 9.62 Å². The minimum absolute atomic E-state index is 0.123. The summed E-state index contributed by atoms with van der Waals surface area (Å²) in [5, 5.41) is 4.71. The molecule has 10 nitrogen and oxygen atoms in total. The number of carbonyl (C=O) groups is 2. The van der Waals surface area contributed by atoms with Crippen LogP contribution in [0, 0.1) is 17.8 Å². The Hall–Kier alpha value is -1.83. The number of rotatable bonds is 7. The normalized spacial score (nSPS) is 26.6. The maximum absolute atomic E-state index is 13.7. The van der Waals surface area contributed by atoms with E-state index in [2.05, 4.69) is 28.3 Å². The highest BCUT2D eigenvalue weighted by molar-refractivity contribution is 7.91. The van der Waals surface area contributed by atoms with Gasteiger partial charge in [0.15, 0.2) is 11.7 Å². The molecule has 0 spiro atoms. The van der Waals surface area contributed by atoms with E-state index in [4.69, 9.17) is 0 Å². The zero-order chi connectivity index (χ0) is 25.5. The van der Waals surface area contributed by atoms with Gasteiger partial charge in [-0.1, -0.05) is 33.1 Å². The zero-order valence-electron chi connectivity index (χ0n) is 20.1. The Kier molecular flexibility index (Phi) is 7.43. The lowest BCUT2D eigenvalue weighted by Crippen LogP contribution is -2.60. The quantitative estimate of drug-likeness (QED) is 0.502. The summed E-state index contributed by atoms with van der Waals surface area (Å²) in [5.41, 5.74) is 0.259. The van der Waals surface area contributed by atoms with Gasteiger partial charge >= 0.3 is 0 Å². The third kappa shape index (κ3) is 5.47. The second-order valence-electron chi connectivity index (χ2n) is 9.95. The van der Waals surface area contributed by atoms with Gasteiger partial charge in [-0.3, -0.25) is 9.59 Å². The van der Waals surface area contributed by atoms with Crippen LogP contribution in [0.15, 0.2) is 14.7 Å². The van der Waals surface area contributed by atoms with Crippen molar-refractivity contribution in [3.8, 4) is 0 Å². The van der Waals surface area contributed by atoms with E-state index in [-0.39, 0.29) is 51.5 Å². The fourth-order valence-corrected chi connectivity index (χ4v) is 8.17. The third-order valence-electron chi connectivity index (χ3n) is 6.84. The molecule has 1 aromatic heterocycles. The zero-order valence-corrected chi connectivity index (χ0v) is 22.6. The number of thiophene rings is 1. The molecule has 0 radical (unpaired) electrons. The molecule has 0 bridgehead atoms. The van der Waals surface area contributed by atoms with Crippen LogP contribution < -0.4 is 10.0 Å². The number of sulfonamides is 2. The Morgan fingerprint density at radius 3 is 2.63 bits per heavy atom. The summed E-state index contributed by atoms with van der Waals surface area (Å²) in [6.07, 6.45) is 6.10. The summed E-state index contributed by atoms with van der Waals surface area (Å²) in [4.78, 5) is 29.0. The molecule has 1 aromatic rings. The largest absolute Gasteiger partial charge is 0.338 e. The molecule has 3 unspecified atom stereocenters. The molecule has 1 saturated heterocycles. The third-order valence-corrected chi connectivity index (χ3v) is 10.0. The summed E-state index contributed by atoms with van der Waals surface area (Å²) in [6, 6.07) is -0.153. The van der Waals surface area contributed by atoms with Gasteiger partial charge in [0.25, 0.3) is 10.0 Å². The van der Waals surface area contributed by atoms with Crippen LogP contribution in [0.2, 0.25) is 0 Å². The molecule has 2 aliphatic heterocycles. The van der Waals surface area contributed by atoms with Gasteiger partial charge in [0.05, 0.1) is 6.26 Å². The van der Waals surface area contributed by atoms with Gasteiger partial charge in [-0.15, -0.1) is 15.7 Å². The van der Waals surface area contributed by atoms with E-state index in [1.165, 1.54) is 5.38 Å². The van der Waals surface area contributed by atoms with E-state index in [0.717, 1.165) is 49.7 Å². The molecule has 3 heterocycles. The molecule has 1 saturated carbocycles. The van der Waals surface area contributed by atoms with Crippen molar-refractivity contribution >= 4 is 53.9 Å². The summed E-state index contributed by atoms with van der Waals surface area (Å²) in [5.74, 6) is -2.05. The standard InChI is InChI=1S/C22H32N4O6S3/c1-13(2)9-10-26-16-8-6-4-5-7-15(16)18(27)17(22(26)28)20-24-21-19(35(31,32)25-20)14(12-33-21)11-23-34(3,29)30/h12-13,15-17,23H,4-11H2,1-3H3,(H,24,25). The SMILES string of the molecule is CC(C)CCN1C(=O)C(C2=NS(=O)(=O)c3c(CNS(C)(=O)=O)csc3N2)C(=O)C2CCCCCC21. The van der Waals surface area contributed by atoms with Crippen molar-refractivity contribution in [2.24, 2.45) is 22.2 Å². The molecule has 2 N–H and O–H groups in total. The van der Waals surface area contributed by atoms with Gasteiger partial charge in [-0.2, -0.15) is 8.42 Å².